The van der Waals surface area contributed by atoms with Gasteiger partial charge in [0.2, 0.25) is 0 Å². The molecule has 0 saturated carbocycles. The molecule has 1 rings (SSSR count). The van der Waals surface area contributed by atoms with E-state index in [2.05, 4.69) is 38.0 Å². The Labute approximate surface area is 76.3 Å². The number of rotatable bonds is 3. The predicted molar refractivity (Wildman–Crippen MR) is 53.4 cm³/mol. The molecular formula is C10H22N2. The van der Waals surface area contributed by atoms with Gasteiger partial charge in [0.25, 0.3) is 0 Å². The van der Waals surface area contributed by atoms with Crippen LogP contribution in [0.3, 0.4) is 0 Å². The molecular weight excluding hydrogens is 148 g/mol. The molecule has 0 radical (unpaired) electrons. The molecule has 2 nitrogen and oxygen atoms in total. The Bertz CT molecular complexity index is 147. The van der Waals surface area contributed by atoms with Crippen molar-refractivity contribution in [3.63, 3.8) is 0 Å². The molecule has 12 heavy (non-hydrogen) atoms. The van der Waals surface area contributed by atoms with E-state index in [1.165, 1.54) is 25.9 Å². The van der Waals surface area contributed by atoms with Crippen LogP contribution in [0.1, 0.15) is 33.6 Å². The van der Waals surface area contributed by atoms with Crippen molar-refractivity contribution in [2.24, 2.45) is 0 Å². The number of likely N-dealkylation sites (N-methyl/N-ethyl adjacent to an activating group) is 1. The van der Waals surface area contributed by atoms with Crippen LogP contribution in [0.15, 0.2) is 0 Å². The molecule has 0 aromatic carbocycles. The van der Waals surface area contributed by atoms with Crippen molar-refractivity contribution in [1.82, 2.24) is 10.2 Å². The van der Waals surface area contributed by atoms with E-state index in [1.807, 2.05) is 0 Å². The lowest BCUT2D eigenvalue weighted by Gasteiger charge is -2.27. The van der Waals surface area contributed by atoms with E-state index in [0.29, 0.717) is 5.54 Å². The number of hydrogen-bond acceptors (Lipinski definition) is 2. The molecule has 1 saturated heterocycles. The molecule has 0 bridgehead atoms. The first-order valence-electron chi connectivity index (χ1n) is 5.04. The average molecular weight is 170 g/mol. The summed E-state index contributed by atoms with van der Waals surface area (Å²) in [5.41, 5.74) is 0.365. The summed E-state index contributed by atoms with van der Waals surface area (Å²) in [6.45, 7) is 9.36. The second-order valence-corrected chi connectivity index (χ2v) is 4.29. The lowest BCUT2D eigenvalue weighted by molar-refractivity contribution is 0.232. The minimum atomic E-state index is 0.365. The van der Waals surface area contributed by atoms with Crippen LogP contribution in [0.25, 0.3) is 0 Å². The van der Waals surface area contributed by atoms with Crippen LogP contribution in [0.4, 0.5) is 0 Å². The minimum Gasteiger partial charge on any atom is -0.313 e. The fourth-order valence-electron chi connectivity index (χ4n) is 1.84. The van der Waals surface area contributed by atoms with Gasteiger partial charge in [-0.15, -0.1) is 0 Å². The van der Waals surface area contributed by atoms with Crippen molar-refractivity contribution >= 4 is 0 Å². The van der Waals surface area contributed by atoms with Crippen molar-refractivity contribution in [3.8, 4) is 0 Å². The molecule has 72 valence electrons. The van der Waals surface area contributed by atoms with Gasteiger partial charge in [-0.2, -0.15) is 0 Å². The van der Waals surface area contributed by atoms with Gasteiger partial charge in [0.1, 0.15) is 0 Å². The van der Waals surface area contributed by atoms with Crippen molar-refractivity contribution in [3.05, 3.63) is 0 Å². The largest absolute Gasteiger partial charge is 0.313 e. The van der Waals surface area contributed by atoms with Crippen molar-refractivity contribution in [2.75, 3.05) is 20.1 Å². The fraction of sp³-hybridized carbons (Fsp3) is 1.00. The van der Waals surface area contributed by atoms with Crippen molar-refractivity contribution < 1.29 is 0 Å². The molecule has 2 unspecified atom stereocenters. The second-order valence-electron chi connectivity index (χ2n) is 4.29. The van der Waals surface area contributed by atoms with Gasteiger partial charge in [0.05, 0.1) is 0 Å². The molecule has 0 amide bonds. The van der Waals surface area contributed by atoms with E-state index in [9.17, 15) is 0 Å². The number of hydrogen-bond donors (Lipinski definition) is 1. The van der Waals surface area contributed by atoms with Crippen LogP contribution in [-0.4, -0.2) is 36.6 Å². The first kappa shape index (κ1) is 10.0. The molecule has 0 aliphatic carbocycles. The van der Waals surface area contributed by atoms with Crippen LogP contribution in [0, 0.1) is 0 Å². The Morgan fingerprint density at radius 1 is 1.58 bits per heavy atom. The van der Waals surface area contributed by atoms with Crippen molar-refractivity contribution in [2.45, 2.75) is 45.2 Å². The first-order chi connectivity index (χ1) is 5.61. The Hall–Kier alpha value is -0.0800. The summed E-state index contributed by atoms with van der Waals surface area (Å²) in [6.07, 6.45) is 2.55. The molecule has 1 aliphatic heterocycles. The molecule has 1 fully saturated rings. The molecule has 2 atom stereocenters. The third-order valence-electron chi connectivity index (χ3n) is 3.32. The Morgan fingerprint density at radius 2 is 2.25 bits per heavy atom. The predicted octanol–water partition coefficient (Wildman–Crippen LogP) is 1.47. The minimum absolute atomic E-state index is 0.365. The summed E-state index contributed by atoms with van der Waals surface area (Å²) >= 11 is 0. The van der Waals surface area contributed by atoms with Gasteiger partial charge in [0.15, 0.2) is 0 Å². The smallest absolute Gasteiger partial charge is 0.0289 e. The van der Waals surface area contributed by atoms with E-state index in [-0.39, 0.29) is 0 Å². The first-order valence-corrected chi connectivity index (χ1v) is 5.04. The summed E-state index contributed by atoms with van der Waals surface area (Å²) in [5, 5.41) is 3.41. The Morgan fingerprint density at radius 3 is 2.67 bits per heavy atom. The molecule has 0 spiro atoms. The standard InChI is InChI=1S/C10H22N2/c1-5-9(2)12-7-6-10(3,8-12)11-4/h9,11H,5-8H2,1-4H3. The normalized spacial score (nSPS) is 34.0. The Kier molecular flexibility index (Phi) is 3.13. The summed E-state index contributed by atoms with van der Waals surface area (Å²) in [4.78, 5) is 2.58. The highest BCUT2D eigenvalue weighted by Crippen LogP contribution is 2.22. The van der Waals surface area contributed by atoms with E-state index >= 15 is 0 Å². The van der Waals surface area contributed by atoms with Gasteiger partial charge in [-0.05, 0) is 33.7 Å². The van der Waals surface area contributed by atoms with Crippen LogP contribution in [-0.2, 0) is 0 Å². The molecule has 1 heterocycles. The van der Waals surface area contributed by atoms with Crippen LogP contribution < -0.4 is 5.32 Å². The van der Waals surface area contributed by atoms with Gasteiger partial charge in [-0.1, -0.05) is 6.92 Å². The zero-order valence-electron chi connectivity index (χ0n) is 8.85. The van der Waals surface area contributed by atoms with Gasteiger partial charge < -0.3 is 5.32 Å². The maximum Gasteiger partial charge on any atom is 0.0289 e. The fourth-order valence-corrected chi connectivity index (χ4v) is 1.84. The summed E-state index contributed by atoms with van der Waals surface area (Å²) < 4.78 is 0. The third-order valence-corrected chi connectivity index (χ3v) is 3.32. The quantitative estimate of drug-likeness (QED) is 0.690. The van der Waals surface area contributed by atoms with Crippen LogP contribution >= 0.6 is 0 Å². The summed E-state index contributed by atoms with van der Waals surface area (Å²) in [7, 11) is 2.07. The number of nitrogens with one attached hydrogen (secondary N) is 1. The lowest BCUT2D eigenvalue weighted by atomic mass is 10.0. The monoisotopic (exact) mass is 170 g/mol. The van der Waals surface area contributed by atoms with E-state index < -0.39 is 0 Å². The SMILES string of the molecule is CCC(C)N1CCC(C)(NC)C1. The van der Waals surface area contributed by atoms with Gasteiger partial charge in [0, 0.05) is 24.7 Å². The second kappa shape index (κ2) is 3.75. The molecule has 0 aromatic rings. The lowest BCUT2D eigenvalue weighted by Crippen LogP contribution is -2.43. The highest BCUT2D eigenvalue weighted by Gasteiger charge is 2.33. The van der Waals surface area contributed by atoms with Crippen LogP contribution in [0.5, 0.6) is 0 Å². The third kappa shape index (κ3) is 1.99. The van der Waals surface area contributed by atoms with E-state index in [1.54, 1.807) is 0 Å². The van der Waals surface area contributed by atoms with Gasteiger partial charge >= 0.3 is 0 Å². The molecule has 0 aromatic heterocycles. The van der Waals surface area contributed by atoms with Crippen molar-refractivity contribution in [1.29, 1.82) is 0 Å². The Balaban J connectivity index is 2.45. The van der Waals surface area contributed by atoms with Crippen LogP contribution in [0.2, 0.25) is 0 Å². The summed E-state index contributed by atoms with van der Waals surface area (Å²) in [6, 6.07) is 0.750. The maximum absolute atomic E-state index is 3.41. The van der Waals surface area contributed by atoms with Gasteiger partial charge in [-0.25, -0.2) is 0 Å². The molecule has 1 N–H and O–H groups in total. The zero-order chi connectivity index (χ0) is 9.19. The topological polar surface area (TPSA) is 15.3 Å². The zero-order valence-corrected chi connectivity index (χ0v) is 8.85. The average Bonchev–Trinajstić information content (AvgIpc) is 2.48. The van der Waals surface area contributed by atoms with Gasteiger partial charge in [-0.3, -0.25) is 4.90 Å². The molecule has 1 aliphatic rings. The van der Waals surface area contributed by atoms with E-state index in [4.69, 9.17) is 0 Å². The number of likely N-dealkylation sites (tertiary alicyclic amines) is 1. The highest BCUT2D eigenvalue weighted by molar-refractivity contribution is 4.93. The number of nitrogens with zero attached hydrogens (tertiary/aromatic N) is 1. The highest BCUT2D eigenvalue weighted by atomic mass is 15.2. The maximum atomic E-state index is 3.41. The summed E-state index contributed by atoms with van der Waals surface area (Å²) in [5.74, 6) is 0. The van der Waals surface area contributed by atoms with E-state index in [0.717, 1.165) is 6.04 Å². The molecule has 2 heteroatoms.